The molecule has 0 amide bonds. The molecule has 0 saturated heterocycles. The van der Waals surface area contributed by atoms with Crippen molar-refractivity contribution in [2.24, 2.45) is 0 Å². The summed E-state index contributed by atoms with van der Waals surface area (Å²) in [5.41, 5.74) is 0.461. The number of methoxy groups -OCH3 is 1. The van der Waals surface area contributed by atoms with Gasteiger partial charge in [-0.1, -0.05) is 48.5 Å². The van der Waals surface area contributed by atoms with Gasteiger partial charge in [0.05, 0.1) is 26.0 Å². The molecule has 2 rings (SSSR count). The van der Waals surface area contributed by atoms with Crippen molar-refractivity contribution in [3.8, 4) is 5.75 Å². The van der Waals surface area contributed by atoms with Gasteiger partial charge in [-0.3, -0.25) is 9.36 Å². The number of ether oxygens (including phenoxy) is 1. The third-order valence-electron chi connectivity index (χ3n) is 3.97. The van der Waals surface area contributed by atoms with Crippen LogP contribution >= 0.6 is 7.60 Å². The van der Waals surface area contributed by atoms with Gasteiger partial charge in [-0.25, -0.2) is 0 Å². The van der Waals surface area contributed by atoms with Crippen LogP contribution in [0.2, 0.25) is 0 Å². The smallest absolute Gasteiger partial charge is 0.338 e. The highest BCUT2D eigenvalue weighted by Crippen LogP contribution is 2.63. The van der Waals surface area contributed by atoms with Crippen molar-refractivity contribution in [3.05, 3.63) is 65.7 Å². The van der Waals surface area contributed by atoms with Crippen molar-refractivity contribution in [2.45, 2.75) is 25.9 Å². The number of benzene rings is 2. The number of hydrogen-bond donors (Lipinski definition) is 0. The molecule has 26 heavy (non-hydrogen) atoms. The van der Waals surface area contributed by atoms with Crippen molar-refractivity contribution in [1.82, 2.24) is 0 Å². The summed E-state index contributed by atoms with van der Waals surface area (Å²) in [6, 6.07) is 16.2. The molecule has 0 aliphatic rings. The molecule has 5 nitrogen and oxygen atoms in total. The summed E-state index contributed by atoms with van der Waals surface area (Å²) in [5.74, 6) is 0.430. The number of rotatable bonds is 10. The molecule has 0 N–H and O–H groups in total. The maximum absolute atomic E-state index is 13.5. The lowest BCUT2D eigenvalue weighted by Gasteiger charge is -2.27. The Hall–Kier alpha value is -1.94. The lowest BCUT2D eigenvalue weighted by atomic mass is 10.0. The Kier molecular flexibility index (Phi) is 7.58. The first kappa shape index (κ1) is 20.4. The van der Waals surface area contributed by atoms with Crippen LogP contribution in [-0.2, 0) is 13.6 Å². The summed E-state index contributed by atoms with van der Waals surface area (Å²) in [5, 5.41) is 0. The molecule has 1 atom stereocenters. The van der Waals surface area contributed by atoms with Crippen LogP contribution < -0.4 is 4.74 Å². The van der Waals surface area contributed by atoms with Crippen LogP contribution in [0.25, 0.3) is 0 Å². The summed E-state index contributed by atoms with van der Waals surface area (Å²) >= 11 is 0. The zero-order valence-electron chi connectivity index (χ0n) is 15.4. The molecule has 0 spiro atoms. The van der Waals surface area contributed by atoms with Crippen LogP contribution in [0.1, 0.15) is 41.8 Å². The molecule has 140 valence electrons. The summed E-state index contributed by atoms with van der Waals surface area (Å²) in [6.07, 6.45) is 0.00165. The summed E-state index contributed by atoms with van der Waals surface area (Å²) < 4.78 is 30.0. The van der Waals surface area contributed by atoms with Gasteiger partial charge in [0.15, 0.2) is 5.78 Å². The second-order valence-electron chi connectivity index (χ2n) is 5.63. The first-order chi connectivity index (χ1) is 12.6. The zero-order chi connectivity index (χ0) is 19.0. The number of ketones is 1. The Morgan fingerprint density at radius 3 is 2.12 bits per heavy atom. The number of para-hydroxylation sites is 1. The molecular weight excluding hydrogens is 351 g/mol. The Morgan fingerprint density at radius 1 is 0.962 bits per heavy atom. The minimum Gasteiger partial charge on any atom is -0.496 e. The van der Waals surface area contributed by atoms with E-state index in [9.17, 15) is 9.36 Å². The monoisotopic (exact) mass is 376 g/mol. The van der Waals surface area contributed by atoms with Crippen LogP contribution in [0.5, 0.6) is 5.75 Å². The Balaban J connectivity index is 2.47. The molecule has 0 aromatic heterocycles. The number of carbonyl (C=O) groups excluding carboxylic acids is 1. The zero-order valence-corrected chi connectivity index (χ0v) is 16.3. The molecule has 0 radical (unpaired) electrons. The van der Waals surface area contributed by atoms with E-state index in [0.29, 0.717) is 16.9 Å². The Labute approximate surface area is 154 Å². The van der Waals surface area contributed by atoms with E-state index in [0.717, 1.165) is 0 Å². The molecule has 0 saturated carbocycles. The van der Waals surface area contributed by atoms with Crippen LogP contribution in [0.4, 0.5) is 0 Å². The van der Waals surface area contributed by atoms with Crippen molar-refractivity contribution < 1.29 is 23.1 Å². The number of Topliss-reactive ketones (excluding diaryl/α,β-unsaturated/α-hetero) is 1. The maximum Gasteiger partial charge on any atom is 0.338 e. The van der Waals surface area contributed by atoms with Gasteiger partial charge in [-0.15, -0.1) is 0 Å². The van der Waals surface area contributed by atoms with E-state index in [2.05, 4.69) is 0 Å². The largest absolute Gasteiger partial charge is 0.496 e. The average Bonchev–Trinajstić information content (AvgIpc) is 2.67. The molecule has 6 heteroatoms. The fourth-order valence-electron chi connectivity index (χ4n) is 2.83. The summed E-state index contributed by atoms with van der Waals surface area (Å²) in [6.45, 7) is 3.96. The highest BCUT2D eigenvalue weighted by atomic mass is 31.2. The van der Waals surface area contributed by atoms with Gasteiger partial charge in [-0.05, 0) is 19.9 Å². The quantitative estimate of drug-likeness (QED) is 0.417. The van der Waals surface area contributed by atoms with Crippen molar-refractivity contribution in [1.29, 1.82) is 0 Å². The van der Waals surface area contributed by atoms with E-state index in [4.69, 9.17) is 13.8 Å². The van der Waals surface area contributed by atoms with E-state index in [1.54, 1.807) is 57.4 Å². The van der Waals surface area contributed by atoms with Gasteiger partial charge < -0.3 is 13.8 Å². The second kappa shape index (κ2) is 9.67. The third kappa shape index (κ3) is 4.82. The van der Waals surface area contributed by atoms with E-state index in [1.807, 2.05) is 18.2 Å². The van der Waals surface area contributed by atoms with E-state index in [1.165, 1.54) is 0 Å². The predicted molar refractivity (Wildman–Crippen MR) is 102 cm³/mol. The van der Waals surface area contributed by atoms with Gasteiger partial charge in [0.2, 0.25) is 0 Å². The molecular formula is C20H25O5P. The van der Waals surface area contributed by atoms with Gasteiger partial charge in [0, 0.05) is 17.5 Å². The topological polar surface area (TPSA) is 61.8 Å². The van der Waals surface area contributed by atoms with E-state index in [-0.39, 0.29) is 25.4 Å². The van der Waals surface area contributed by atoms with Crippen LogP contribution in [0.3, 0.4) is 0 Å². The van der Waals surface area contributed by atoms with Crippen LogP contribution in [0.15, 0.2) is 54.6 Å². The molecule has 2 aromatic rings. The van der Waals surface area contributed by atoms with Gasteiger partial charge >= 0.3 is 7.60 Å². The Morgan fingerprint density at radius 2 is 1.54 bits per heavy atom. The number of hydrogen-bond acceptors (Lipinski definition) is 5. The standard InChI is InChI=1S/C20H25O5P/c1-4-24-26(22,25-5-2)20(17-13-9-10-14-19(17)23-3)15-18(21)16-11-7-6-8-12-16/h6-14,20H,4-5,15H2,1-3H3/t20-/m0/s1. The first-order valence-electron chi connectivity index (χ1n) is 8.65. The summed E-state index contributed by atoms with van der Waals surface area (Å²) in [7, 11) is -2.02. The fourth-order valence-corrected chi connectivity index (χ4v) is 4.93. The van der Waals surface area contributed by atoms with E-state index >= 15 is 0 Å². The van der Waals surface area contributed by atoms with E-state index < -0.39 is 13.3 Å². The molecule has 0 aliphatic heterocycles. The maximum atomic E-state index is 13.5. The van der Waals surface area contributed by atoms with Crippen molar-refractivity contribution in [3.63, 3.8) is 0 Å². The lowest BCUT2D eigenvalue weighted by Crippen LogP contribution is -2.13. The first-order valence-corrected chi connectivity index (χ1v) is 10.3. The Bertz CT molecular complexity index is 750. The third-order valence-corrected chi connectivity index (χ3v) is 6.43. The van der Waals surface area contributed by atoms with Crippen LogP contribution in [-0.4, -0.2) is 26.1 Å². The highest BCUT2D eigenvalue weighted by Gasteiger charge is 2.40. The molecule has 0 aliphatic carbocycles. The number of carbonyl (C=O) groups is 1. The second-order valence-corrected chi connectivity index (χ2v) is 7.85. The van der Waals surface area contributed by atoms with Crippen molar-refractivity contribution >= 4 is 13.4 Å². The molecule has 0 heterocycles. The minimum atomic E-state index is -3.57. The molecule has 0 unspecified atom stereocenters. The minimum absolute atomic E-state index is 0.00165. The van der Waals surface area contributed by atoms with Crippen molar-refractivity contribution in [2.75, 3.05) is 20.3 Å². The van der Waals surface area contributed by atoms with Gasteiger partial charge in [-0.2, -0.15) is 0 Å². The highest BCUT2D eigenvalue weighted by molar-refractivity contribution is 7.54. The molecule has 0 fully saturated rings. The molecule has 0 bridgehead atoms. The lowest BCUT2D eigenvalue weighted by molar-refractivity contribution is 0.0973. The normalized spacial score (nSPS) is 12.6. The summed E-state index contributed by atoms with van der Waals surface area (Å²) in [4.78, 5) is 12.8. The average molecular weight is 376 g/mol. The SMILES string of the molecule is CCOP(=O)(OCC)[C@@H](CC(=O)c1ccccc1)c1ccccc1OC. The van der Waals surface area contributed by atoms with Gasteiger partial charge in [0.25, 0.3) is 0 Å². The van der Waals surface area contributed by atoms with Gasteiger partial charge in [0.1, 0.15) is 5.75 Å². The van der Waals surface area contributed by atoms with Crippen LogP contribution in [0, 0.1) is 0 Å². The fraction of sp³-hybridized carbons (Fsp3) is 0.350. The molecule has 2 aromatic carbocycles. The predicted octanol–water partition coefficient (Wildman–Crippen LogP) is 5.28.